The zero-order valence-electron chi connectivity index (χ0n) is 22.4. The second-order valence-electron chi connectivity index (χ2n) is 10.00. The number of nitrogens with one attached hydrogen (secondary N) is 2. The highest BCUT2D eigenvalue weighted by Crippen LogP contribution is 2.30. The molecular formula is C29H38N4O4. The molecule has 198 valence electrons. The minimum Gasteiger partial charge on any atom is -0.491 e. The van der Waals surface area contributed by atoms with Gasteiger partial charge in [-0.25, -0.2) is 9.59 Å². The van der Waals surface area contributed by atoms with Gasteiger partial charge in [-0.1, -0.05) is 24.3 Å². The molecule has 2 aromatic carbocycles. The third-order valence-electron chi connectivity index (χ3n) is 6.66. The first kappa shape index (κ1) is 26.5. The van der Waals surface area contributed by atoms with Gasteiger partial charge in [-0.15, -0.1) is 0 Å². The first-order chi connectivity index (χ1) is 17.7. The van der Waals surface area contributed by atoms with E-state index in [0.717, 1.165) is 30.9 Å². The molecule has 0 aromatic heterocycles. The number of carbonyl (C=O) groups excluding carboxylic acids is 2. The zero-order chi connectivity index (χ0) is 26.5. The Balaban J connectivity index is 1.57. The number of benzene rings is 2. The van der Waals surface area contributed by atoms with Crippen LogP contribution >= 0.6 is 0 Å². The first-order valence-electron chi connectivity index (χ1n) is 13.0. The molecule has 2 atom stereocenters. The number of rotatable bonds is 8. The molecule has 1 fully saturated rings. The van der Waals surface area contributed by atoms with Crippen molar-refractivity contribution in [1.82, 2.24) is 15.5 Å². The standard InChI is InChI=1S/C29H38N4O4/c1-6-36-28(34)26-25(18-32-14-15-33(21(5)17-32)23-9-7-8-20(4)16-23)30-29(35)31-27(26)22-10-12-24(13-11-22)37-19(2)3/h7-13,16,19,21,27H,6,14-15,17-18H2,1-5H3,(H2,30,31,35)/t21-,27+/m0/s1. The van der Waals surface area contributed by atoms with Crippen LogP contribution in [0.25, 0.3) is 0 Å². The second-order valence-corrected chi connectivity index (χ2v) is 10.00. The van der Waals surface area contributed by atoms with Crippen LogP contribution in [0.15, 0.2) is 59.8 Å². The summed E-state index contributed by atoms with van der Waals surface area (Å²) in [6.45, 7) is 13.2. The maximum absolute atomic E-state index is 13.2. The van der Waals surface area contributed by atoms with Crippen LogP contribution in [-0.4, -0.2) is 61.8 Å². The molecule has 8 nitrogen and oxygen atoms in total. The van der Waals surface area contributed by atoms with Crippen LogP contribution in [-0.2, 0) is 9.53 Å². The maximum atomic E-state index is 13.2. The quantitative estimate of drug-likeness (QED) is 0.523. The van der Waals surface area contributed by atoms with Gasteiger partial charge in [-0.2, -0.15) is 0 Å². The van der Waals surface area contributed by atoms with Crippen LogP contribution in [0.1, 0.15) is 44.9 Å². The summed E-state index contributed by atoms with van der Waals surface area (Å²) in [5, 5.41) is 5.82. The molecule has 2 amide bonds. The van der Waals surface area contributed by atoms with Crippen molar-refractivity contribution in [2.45, 2.75) is 52.8 Å². The van der Waals surface area contributed by atoms with Crippen molar-refractivity contribution in [3.63, 3.8) is 0 Å². The van der Waals surface area contributed by atoms with E-state index in [1.807, 2.05) is 38.1 Å². The Bertz CT molecular complexity index is 1140. The summed E-state index contributed by atoms with van der Waals surface area (Å²) in [4.78, 5) is 30.6. The number of aryl methyl sites for hydroxylation is 1. The summed E-state index contributed by atoms with van der Waals surface area (Å²) >= 11 is 0. The van der Waals surface area contributed by atoms with Crippen molar-refractivity contribution in [2.24, 2.45) is 0 Å². The predicted molar refractivity (Wildman–Crippen MR) is 145 cm³/mol. The Morgan fingerprint density at radius 3 is 2.54 bits per heavy atom. The third kappa shape index (κ3) is 6.43. The van der Waals surface area contributed by atoms with Crippen LogP contribution in [0, 0.1) is 6.92 Å². The Morgan fingerprint density at radius 2 is 1.89 bits per heavy atom. The number of nitrogens with zero attached hydrogens (tertiary/aromatic N) is 2. The minimum absolute atomic E-state index is 0.0554. The van der Waals surface area contributed by atoms with Gasteiger partial charge in [0.15, 0.2) is 0 Å². The zero-order valence-corrected chi connectivity index (χ0v) is 22.4. The largest absolute Gasteiger partial charge is 0.491 e. The topological polar surface area (TPSA) is 83.1 Å². The monoisotopic (exact) mass is 506 g/mol. The van der Waals surface area contributed by atoms with E-state index in [0.29, 0.717) is 17.8 Å². The Hall–Kier alpha value is -3.52. The number of carbonyl (C=O) groups is 2. The van der Waals surface area contributed by atoms with Crippen molar-refractivity contribution in [3.8, 4) is 5.75 Å². The Morgan fingerprint density at radius 1 is 1.14 bits per heavy atom. The van der Waals surface area contributed by atoms with E-state index in [1.165, 1.54) is 11.3 Å². The third-order valence-corrected chi connectivity index (χ3v) is 6.66. The molecule has 2 aromatic rings. The van der Waals surface area contributed by atoms with Gasteiger partial charge in [0.25, 0.3) is 0 Å². The number of esters is 1. The molecule has 2 N–H and O–H groups in total. The highest BCUT2D eigenvalue weighted by molar-refractivity contribution is 5.95. The van der Waals surface area contributed by atoms with Gasteiger partial charge in [-0.3, -0.25) is 4.90 Å². The highest BCUT2D eigenvalue weighted by Gasteiger charge is 2.35. The Kier molecular flexibility index (Phi) is 8.38. The number of ether oxygens (including phenoxy) is 2. The summed E-state index contributed by atoms with van der Waals surface area (Å²) in [7, 11) is 0. The van der Waals surface area contributed by atoms with Gasteiger partial charge in [0, 0.05) is 43.6 Å². The van der Waals surface area contributed by atoms with Crippen molar-refractivity contribution in [2.75, 3.05) is 37.7 Å². The second kappa shape index (κ2) is 11.7. The molecule has 0 spiro atoms. The fraction of sp³-hybridized carbons (Fsp3) is 0.448. The van der Waals surface area contributed by atoms with Crippen LogP contribution in [0.4, 0.5) is 10.5 Å². The molecule has 0 unspecified atom stereocenters. The maximum Gasteiger partial charge on any atom is 0.338 e. The van der Waals surface area contributed by atoms with Gasteiger partial charge in [-0.05, 0) is 70.0 Å². The number of hydrogen-bond donors (Lipinski definition) is 2. The van der Waals surface area contributed by atoms with Gasteiger partial charge >= 0.3 is 12.0 Å². The molecule has 1 saturated heterocycles. The van der Waals surface area contributed by atoms with Crippen LogP contribution in [0.2, 0.25) is 0 Å². The SMILES string of the molecule is CCOC(=O)C1=C(CN2CCN(c3cccc(C)c3)[C@@H](C)C2)NC(=O)N[C@@H]1c1ccc(OC(C)C)cc1. The van der Waals surface area contributed by atoms with E-state index in [-0.39, 0.29) is 24.8 Å². The van der Waals surface area contributed by atoms with Gasteiger partial charge in [0.05, 0.1) is 24.3 Å². The van der Waals surface area contributed by atoms with Crippen molar-refractivity contribution in [1.29, 1.82) is 0 Å². The molecule has 0 aliphatic carbocycles. The van der Waals surface area contributed by atoms with Crippen LogP contribution in [0.3, 0.4) is 0 Å². The summed E-state index contributed by atoms with van der Waals surface area (Å²) in [5.74, 6) is 0.310. The number of piperazine rings is 1. The van der Waals surface area contributed by atoms with Crippen LogP contribution < -0.4 is 20.3 Å². The predicted octanol–water partition coefficient (Wildman–Crippen LogP) is 4.16. The molecule has 0 radical (unpaired) electrons. The average molecular weight is 507 g/mol. The normalized spacial score (nSPS) is 20.5. The highest BCUT2D eigenvalue weighted by atomic mass is 16.5. The van der Waals surface area contributed by atoms with Crippen molar-refractivity contribution >= 4 is 17.7 Å². The van der Waals surface area contributed by atoms with Gasteiger partial charge in [0.1, 0.15) is 5.75 Å². The molecule has 0 saturated carbocycles. The molecule has 2 heterocycles. The van der Waals surface area contributed by atoms with E-state index in [9.17, 15) is 9.59 Å². The number of amides is 2. The molecular weight excluding hydrogens is 468 g/mol. The molecule has 0 bridgehead atoms. The molecule has 8 heteroatoms. The van der Waals surface area contributed by atoms with E-state index in [4.69, 9.17) is 9.47 Å². The summed E-state index contributed by atoms with van der Waals surface area (Å²) in [6, 6.07) is 15.4. The fourth-order valence-electron chi connectivity index (χ4n) is 5.04. The van der Waals surface area contributed by atoms with E-state index in [2.05, 4.69) is 58.5 Å². The minimum atomic E-state index is -0.609. The molecule has 2 aliphatic rings. The lowest BCUT2D eigenvalue weighted by molar-refractivity contribution is -0.139. The smallest absolute Gasteiger partial charge is 0.338 e. The van der Waals surface area contributed by atoms with E-state index in [1.54, 1.807) is 6.92 Å². The van der Waals surface area contributed by atoms with Crippen molar-refractivity contribution in [3.05, 3.63) is 70.9 Å². The average Bonchev–Trinajstić information content (AvgIpc) is 2.84. The van der Waals surface area contributed by atoms with Gasteiger partial charge < -0.3 is 25.0 Å². The number of anilines is 1. The lowest BCUT2D eigenvalue weighted by atomic mass is 9.94. The van der Waals surface area contributed by atoms with Crippen LogP contribution in [0.5, 0.6) is 5.75 Å². The van der Waals surface area contributed by atoms with E-state index >= 15 is 0 Å². The molecule has 2 aliphatic heterocycles. The van der Waals surface area contributed by atoms with E-state index < -0.39 is 12.0 Å². The lowest BCUT2D eigenvalue weighted by Gasteiger charge is -2.42. The van der Waals surface area contributed by atoms with Gasteiger partial charge in [0.2, 0.25) is 0 Å². The number of hydrogen-bond acceptors (Lipinski definition) is 6. The summed E-state index contributed by atoms with van der Waals surface area (Å²) < 4.78 is 11.2. The molecule has 37 heavy (non-hydrogen) atoms. The lowest BCUT2D eigenvalue weighted by Crippen LogP contribution is -2.54. The summed E-state index contributed by atoms with van der Waals surface area (Å²) in [5.41, 5.74) is 4.28. The molecule has 4 rings (SSSR count). The first-order valence-corrected chi connectivity index (χ1v) is 13.0. The number of urea groups is 1. The fourth-order valence-corrected chi connectivity index (χ4v) is 5.04. The Labute approximate surface area is 219 Å². The summed E-state index contributed by atoms with van der Waals surface area (Å²) in [6.07, 6.45) is 0.0554. The van der Waals surface area contributed by atoms with Crippen molar-refractivity contribution < 1.29 is 19.1 Å².